The number of carbonyl (C=O) groups excluding carboxylic acids is 1. The van der Waals surface area contributed by atoms with Crippen LogP contribution in [0.2, 0.25) is 0 Å². The second-order valence-corrected chi connectivity index (χ2v) is 5.06. The number of aromatic nitrogens is 1. The van der Waals surface area contributed by atoms with Crippen molar-refractivity contribution in [3.8, 4) is 0 Å². The van der Waals surface area contributed by atoms with E-state index in [0.717, 1.165) is 38.8 Å². The molecular weight excluding hydrogens is 230 g/mol. The van der Waals surface area contributed by atoms with Crippen LogP contribution >= 0.6 is 0 Å². The van der Waals surface area contributed by atoms with E-state index >= 15 is 0 Å². The number of nitrogens with zero attached hydrogens (tertiary/aromatic N) is 1. The first kappa shape index (κ1) is 13.1. The van der Waals surface area contributed by atoms with E-state index in [-0.39, 0.29) is 11.3 Å². The van der Waals surface area contributed by atoms with Gasteiger partial charge in [-0.3, -0.25) is 4.79 Å². The van der Waals surface area contributed by atoms with Gasteiger partial charge in [0.2, 0.25) is 5.91 Å². The van der Waals surface area contributed by atoms with Crippen LogP contribution in [0.4, 0.5) is 5.82 Å². The van der Waals surface area contributed by atoms with Gasteiger partial charge < -0.3 is 15.2 Å². The summed E-state index contributed by atoms with van der Waals surface area (Å²) in [6.45, 7) is 5.75. The minimum atomic E-state index is -0.243. The molecule has 2 heterocycles. The van der Waals surface area contributed by atoms with Crippen LogP contribution in [-0.4, -0.2) is 24.2 Å². The van der Waals surface area contributed by atoms with Crippen LogP contribution in [0.1, 0.15) is 38.4 Å². The zero-order chi connectivity index (χ0) is 13.0. The fraction of sp³-hybridized carbons (Fsp3) is 0.692. The lowest BCUT2D eigenvalue weighted by Gasteiger charge is -2.35. The lowest BCUT2D eigenvalue weighted by Crippen LogP contribution is -2.44. The normalized spacial score (nSPS) is 18.6. The molecule has 1 aromatic heterocycles. The van der Waals surface area contributed by atoms with E-state index in [9.17, 15) is 4.79 Å². The molecule has 1 fully saturated rings. The summed E-state index contributed by atoms with van der Waals surface area (Å²) in [6.07, 6.45) is 3.73. The molecule has 0 radical (unpaired) electrons. The Labute approximate surface area is 107 Å². The first-order valence-corrected chi connectivity index (χ1v) is 6.62. The number of anilines is 1. The summed E-state index contributed by atoms with van der Waals surface area (Å²) in [5, 5.41) is 10.0. The topological polar surface area (TPSA) is 67.2 Å². The molecule has 0 spiro atoms. The van der Waals surface area contributed by atoms with E-state index in [1.807, 2.05) is 6.92 Å². The Hall–Kier alpha value is -1.36. The zero-order valence-electron chi connectivity index (χ0n) is 11.1. The number of rotatable bonds is 4. The standard InChI is InChI=1S/C13H21N3O2/c1-3-4-13(5-7-14-8-6-13)12(17)15-11-9-10(2)18-16-11/h9,14H,3-8H2,1-2H3,(H,15,16,17). The Morgan fingerprint density at radius 2 is 2.28 bits per heavy atom. The van der Waals surface area contributed by atoms with Gasteiger partial charge in [-0.2, -0.15) is 0 Å². The third kappa shape index (κ3) is 2.72. The number of nitrogens with one attached hydrogen (secondary N) is 2. The minimum Gasteiger partial charge on any atom is -0.360 e. The predicted molar refractivity (Wildman–Crippen MR) is 69.3 cm³/mol. The van der Waals surface area contributed by atoms with Crippen molar-refractivity contribution < 1.29 is 9.32 Å². The second kappa shape index (κ2) is 5.52. The number of amides is 1. The molecule has 1 aliphatic heterocycles. The van der Waals surface area contributed by atoms with Gasteiger partial charge in [-0.05, 0) is 39.3 Å². The SMILES string of the molecule is CCCC1(C(=O)Nc2cc(C)on2)CCNCC1. The van der Waals surface area contributed by atoms with Crippen molar-refractivity contribution in [1.29, 1.82) is 0 Å². The van der Waals surface area contributed by atoms with Gasteiger partial charge in [0, 0.05) is 6.07 Å². The van der Waals surface area contributed by atoms with Crippen LogP contribution in [0.3, 0.4) is 0 Å². The fourth-order valence-corrected chi connectivity index (χ4v) is 2.65. The van der Waals surface area contributed by atoms with Gasteiger partial charge in [0.15, 0.2) is 5.82 Å². The highest BCUT2D eigenvalue weighted by molar-refractivity contribution is 5.94. The molecule has 0 atom stereocenters. The van der Waals surface area contributed by atoms with E-state index in [0.29, 0.717) is 11.6 Å². The van der Waals surface area contributed by atoms with Crippen LogP contribution in [0.25, 0.3) is 0 Å². The summed E-state index contributed by atoms with van der Waals surface area (Å²) >= 11 is 0. The Morgan fingerprint density at radius 3 is 2.83 bits per heavy atom. The zero-order valence-corrected chi connectivity index (χ0v) is 11.1. The van der Waals surface area contributed by atoms with Crippen LogP contribution in [0.15, 0.2) is 10.6 Å². The van der Waals surface area contributed by atoms with E-state index in [4.69, 9.17) is 4.52 Å². The van der Waals surface area contributed by atoms with Crippen LogP contribution < -0.4 is 10.6 Å². The van der Waals surface area contributed by atoms with Gasteiger partial charge in [0.25, 0.3) is 0 Å². The lowest BCUT2D eigenvalue weighted by atomic mass is 9.74. The molecular formula is C13H21N3O2. The monoisotopic (exact) mass is 251 g/mol. The molecule has 0 aromatic carbocycles. The number of hydrogen-bond acceptors (Lipinski definition) is 4. The lowest BCUT2D eigenvalue weighted by molar-refractivity contribution is -0.127. The van der Waals surface area contributed by atoms with E-state index in [2.05, 4.69) is 22.7 Å². The van der Waals surface area contributed by atoms with Gasteiger partial charge >= 0.3 is 0 Å². The molecule has 100 valence electrons. The Bertz CT molecular complexity index is 403. The molecule has 0 unspecified atom stereocenters. The van der Waals surface area contributed by atoms with E-state index in [1.54, 1.807) is 6.07 Å². The average Bonchev–Trinajstić information content (AvgIpc) is 2.76. The van der Waals surface area contributed by atoms with Crippen LogP contribution in [0.5, 0.6) is 0 Å². The highest BCUT2D eigenvalue weighted by atomic mass is 16.5. The van der Waals surface area contributed by atoms with Crippen molar-refractivity contribution >= 4 is 11.7 Å². The maximum absolute atomic E-state index is 12.5. The van der Waals surface area contributed by atoms with Crippen molar-refractivity contribution in [3.05, 3.63) is 11.8 Å². The Balaban J connectivity index is 2.08. The average molecular weight is 251 g/mol. The third-order valence-electron chi connectivity index (χ3n) is 3.64. The highest BCUT2D eigenvalue weighted by Gasteiger charge is 2.38. The fourth-order valence-electron chi connectivity index (χ4n) is 2.65. The van der Waals surface area contributed by atoms with E-state index in [1.165, 1.54) is 0 Å². The van der Waals surface area contributed by atoms with E-state index < -0.39 is 0 Å². The van der Waals surface area contributed by atoms with Crippen molar-refractivity contribution in [2.24, 2.45) is 5.41 Å². The summed E-state index contributed by atoms with van der Waals surface area (Å²) in [5.41, 5.74) is -0.243. The molecule has 18 heavy (non-hydrogen) atoms. The van der Waals surface area contributed by atoms with Crippen molar-refractivity contribution in [3.63, 3.8) is 0 Å². The number of hydrogen-bond donors (Lipinski definition) is 2. The molecule has 0 aliphatic carbocycles. The van der Waals surface area contributed by atoms with Crippen LogP contribution in [0, 0.1) is 12.3 Å². The quantitative estimate of drug-likeness (QED) is 0.860. The summed E-state index contributed by atoms with van der Waals surface area (Å²) in [7, 11) is 0. The molecule has 2 rings (SSSR count). The van der Waals surface area contributed by atoms with Gasteiger partial charge in [-0.1, -0.05) is 18.5 Å². The van der Waals surface area contributed by atoms with Crippen molar-refractivity contribution in [2.45, 2.75) is 39.5 Å². The largest absolute Gasteiger partial charge is 0.360 e. The number of carbonyl (C=O) groups is 1. The first-order chi connectivity index (χ1) is 8.66. The maximum Gasteiger partial charge on any atom is 0.231 e. The molecule has 5 nitrogen and oxygen atoms in total. The summed E-state index contributed by atoms with van der Waals surface area (Å²) in [6, 6.07) is 1.75. The molecule has 0 bridgehead atoms. The summed E-state index contributed by atoms with van der Waals surface area (Å²) in [4.78, 5) is 12.5. The second-order valence-electron chi connectivity index (χ2n) is 5.06. The molecule has 1 aliphatic rings. The predicted octanol–water partition coefficient (Wildman–Crippen LogP) is 2.09. The molecule has 1 aromatic rings. The van der Waals surface area contributed by atoms with Crippen molar-refractivity contribution in [2.75, 3.05) is 18.4 Å². The first-order valence-electron chi connectivity index (χ1n) is 6.62. The molecule has 0 saturated carbocycles. The van der Waals surface area contributed by atoms with Gasteiger partial charge in [-0.15, -0.1) is 0 Å². The molecule has 1 amide bonds. The number of aryl methyl sites for hydroxylation is 1. The molecule has 1 saturated heterocycles. The Kier molecular flexibility index (Phi) is 4.01. The minimum absolute atomic E-state index is 0.0825. The van der Waals surface area contributed by atoms with Gasteiger partial charge in [-0.25, -0.2) is 0 Å². The Morgan fingerprint density at radius 1 is 1.56 bits per heavy atom. The van der Waals surface area contributed by atoms with Gasteiger partial charge in [0.05, 0.1) is 5.41 Å². The number of piperidine rings is 1. The third-order valence-corrected chi connectivity index (χ3v) is 3.64. The summed E-state index contributed by atoms with van der Waals surface area (Å²) < 4.78 is 4.97. The highest BCUT2D eigenvalue weighted by Crippen LogP contribution is 2.35. The summed E-state index contributed by atoms with van der Waals surface area (Å²) in [5.74, 6) is 1.31. The molecule has 5 heteroatoms. The van der Waals surface area contributed by atoms with Crippen LogP contribution in [-0.2, 0) is 4.79 Å². The maximum atomic E-state index is 12.5. The smallest absolute Gasteiger partial charge is 0.231 e. The molecule has 2 N–H and O–H groups in total. The van der Waals surface area contributed by atoms with Crippen molar-refractivity contribution in [1.82, 2.24) is 10.5 Å². The van der Waals surface area contributed by atoms with Gasteiger partial charge in [0.1, 0.15) is 5.76 Å².